The SMILES string of the molecule is Cc1cc(NCC(C)(C)CCl)c2ccccc2n1. The van der Waals surface area contributed by atoms with Gasteiger partial charge in [-0.2, -0.15) is 0 Å². The third-order valence-electron chi connectivity index (χ3n) is 2.96. The zero-order valence-corrected chi connectivity index (χ0v) is 11.9. The zero-order chi connectivity index (χ0) is 13.2. The highest BCUT2D eigenvalue weighted by Crippen LogP contribution is 2.25. The molecule has 3 heteroatoms. The van der Waals surface area contributed by atoms with Crippen LogP contribution in [0.5, 0.6) is 0 Å². The van der Waals surface area contributed by atoms with Crippen molar-refractivity contribution in [3.63, 3.8) is 0 Å². The molecule has 0 unspecified atom stereocenters. The Morgan fingerprint density at radius 2 is 2.00 bits per heavy atom. The van der Waals surface area contributed by atoms with E-state index >= 15 is 0 Å². The Labute approximate surface area is 113 Å². The predicted octanol–water partition coefficient (Wildman–Crippen LogP) is 4.22. The standard InChI is InChI=1S/C15H19ClN2/c1-11-8-14(17-10-15(2,3)9-16)12-6-4-5-7-13(12)18-11/h4-8H,9-10H2,1-3H3,(H,17,18). The smallest absolute Gasteiger partial charge is 0.0725 e. The first kappa shape index (κ1) is 13.2. The minimum atomic E-state index is 0.0832. The number of rotatable bonds is 4. The molecule has 1 aromatic heterocycles. The Morgan fingerprint density at radius 3 is 2.72 bits per heavy atom. The molecule has 0 aliphatic carbocycles. The second-order valence-electron chi connectivity index (χ2n) is 5.48. The fraction of sp³-hybridized carbons (Fsp3) is 0.400. The van der Waals surface area contributed by atoms with Gasteiger partial charge in [-0.05, 0) is 24.5 Å². The number of nitrogens with zero attached hydrogens (tertiary/aromatic N) is 1. The van der Waals surface area contributed by atoms with E-state index in [-0.39, 0.29) is 5.41 Å². The van der Waals surface area contributed by atoms with Crippen LogP contribution in [0.1, 0.15) is 19.5 Å². The number of aryl methyl sites for hydroxylation is 1. The predicted molar refractivity (Wildman–Crippen MR) is 79.5 cm³/mol. The lowest BCUT2D eigenvalue weighted by Crippen LogP contribution is -2.24. The summed E-state index contributed by atoms with van der Waals surface area (Å²) in [5.74, 6) is 0.641. The van der Waals surface area contributed by atoms with E-state index in [2.05, 4.69) is 36.3 Å². The van der Waals surface area contributed by atoms with Gasteiger partial charge >= 0.3 is 0 Å². The van der Waals surface area contributed by atoms with Crippen LogP contribution in [-0.2, 0) is 0 Å². The van der Waals surface area contributed by atoms with E-state index < -0.39 is 0 Å². The van der Waals surface area contributed by atoms with E-state index in [0.717, 1.165) is 28.8 Å². The van der Waals surface area contributed by atoms with Crippen molar-refractivity contribution in [1.82, 2.24) is 4.98 Å². The second-order valence-corrected chi connectivity index (χ2v) is 5.75. The topological polar surface area (TPSA) is 24.9 Å². The quantitative estimate of drug-likeness (QED) is 0.835. The van der Waals surface area contributed by atoms with Crippen molar-refractivity contribution in [2.45, 2.75) is 20.8 Å². The van der Waals surface area contributed by atoms with Gasteiger partial charge in [0.1, 0.15) is 0 Å². The van der Waals surface area contributed by atoms with Gasteiger partial charge in [0.05, 0.1) is 5.52 Å². The summed E-state index contributed by atoms with van der Waals surface area (Å²) in [6, 6.07) is 10.3. The first-order valence-corrected chi connectivity index (χ1v) is 6.71. The highest BCUT2D eigenvalue weighted by Gasteiger charge is 2.16. The molecule has 0 atom stereocenters. The van der Waals surface area contributed by atoms with Crippen molar-refractivity contribution in [2.75, 3.05) is 17.7 Å². The normalized spacial score (nSPS) is 11.8. The minimum Gasteiger partial charge on any atom is -0.384 e. The molecule has 0 radical (unpaired) electrons. The van der Waals surface area contributed by atoms with Gasteiger partial charge in [0.2, 0.25) is 0 Å². The van der Waals surface area contributed by atoms with Crippen LogP contribution in [0.4, 0.5) is 5.69 Å². The molecule has 0 fully saturated rings. The molecule has 0 amide bonds. The van der Waals surface area contributed by atoms with E-state index in [1.54, 1.807) is 0 Å². The maximum Gasteiger partial charge on any atom is 0.0725 e. The maximum atomic E-state index is 5.96. The number of halogens is 1. The molecule has 0 bridgehead atoms. The number of hydrogen-bond donors (Lipinski definition) is 1. The van der Waals surface area contributed by atoms with Gasteiger partial charge in [-0.1, -0.05) is 32.0 Å². The van der Waals surface area contributed by atoms with Crippen LogP contribution in [0.15, 0.2) is 30.3 Å². The summed E-state index contributed by atoms with van der Waals surface area (Å²) < 4.78 is 0. The van der Waals surface area contributed by atoms with Crippen LogP contribution in [0.25, 0.3) is 10.9 Å². The molecule has 0 aliphatic heterocycles. The van der Waals surface area contributed by atoms with Gasteiger partial charge in [-0.15, -0.1) is 11.6 Å². The van der Waals surface area contributed by atoms with Crippen molar-refractivity contribution in [1.29, 1.82) is 0 Å². The number of pyridine rings is 1. The molecule has 1 aromatic carbocycles. The number of hydrogen-bond acceptors (Lipinski definition) is 2. The van der Waals surface area contributed by atoms with Crippen molar-refractivity contribution in [2.24, 2.45) is 5.41 Å². The number of fused-ring (bicyclic) bond motifs is 1. The Hall–Kier alpha value is -1.28. The fourth-order valence-electron chi connectivity index (χ4n) is 1.84. The highest BCUT2D eigenvalue weighted by molar-refractivity contribution is 6.18. The lowest BCUT2D eigenvalue weighted by atomic mass is 9.96. The lowest BCUT2D eigenvalue weighted by molar-refractivity contribution is 0.450. The van der Waals surface area contributed by atoms with Crippen LogP contribution in [0.2, 0.25) is 0 Å². The summed E-state index contributed by atoms with van der Waals surface area (Å²) >= 11 is 5.96. The summed E-state index contributed by atoms with van der Waals surface area (Å²) in [5, 5.41) is 4.66. The molecule has 2 rings (SSSR count). The van der Waals surface area contributed by atoms with E-state index in [9.17, 15) is 0 Å². The fourth-order valence-corrected chi connectivity index (χ4v) is 1.93. The maximum absolute atomic E-state index is 5.96. The van der Waals surface area contributed by atoms with E-state index in [1.807, 2.05) is 25.1 Å². The molecular formula is C15H19ClN2. The first-order valence-electron chi connectivity index (χ1n) is 6.18. The number of anilines is 1. The van der Waals surface area contributed by atoms with Gasteiger partial charge in [-0.25, -0.2) is 0 Å². The van der Waals surface area contributed by atoms with Crippen molar-refractivity contribution >= 4 is 28.2 Å². The summed E-state index contributed by atoms with van der Waals surface area (Å²) in [5.41, 5.74) is 3.28. The van der Waals surface area contributed by atoms with Crippen molar-refractivity contribution in [3.8, 4) is 0 Å². The van der Waals surface area contributed by atoms with E-state index in [0.29, 0.717) is 5.88 Å². The molecule has 2 aromatic rings. The molecule has 0 spiro atoms. The third kappa shape index (κ3) is 2.94. The molecule has 1 N–H and O–H groups in total. The van der Waals surface area contributed by atoms with Crippen molar-refractivity contribution in [3.05, 3.63) is 36.0 Å². The second kappa shape index (κ2) is 5.15. The minimum absolute atomic E-state index is 0.0832. The highest BCUT2D eigenvalue weighted by atomic mass is 35.5. The lowest BCUT2D eigenvalue weighted by Gasteiger charge is -2.23. The van der Waals surface area contributed by atoms with Gasteiger partial charge in [-0.3, -0.25) is 4.98 Å². The van der Waals surface area contributed by atoms with Crippen LogP contribution in [0, 0.1) is 12.3 Å². The molecular weight excluding hydrogens is 244 g/mol. The average Bonchev–Trinajstić information content (AvgIpc) is 2.36. The number of alkyl halides is 1. The molecule has 0 aliphatic rings. The molecule has 2 nitrogen and oxygen atoms in total. The summed E-state index contributed by atoms with van der Waals surface area (Å²) in [6.45, 7) is 7.18. The zero-order valence-electron chi connectivity index (χ0n) is 11.1. The van der Waals surface area contributed by atoms with Gasteiger partial charge in [0, 0.05) is 29.2 Å². The third-order valence-corrected chi connectivity index (χ3v) is 3.69. The van der Waals surface area contributed by atoms with E-state index in [4.69, 9.17) is 11.6 Å². The molecule has 0 saturated carbocycles. The average molecular weight is 263 g/mol. The first-order chi connectivity index (χ1) is 8.52. The largest absolute Gasteiger partial charge is 0.384 e. The molecule has 96 valence electrons. The Bertz CT molecular complexity index is 549. The number of nitrogens with one attached hydrogen (secondary N) is 1. The van der Waals surface area contributed by atoms with Crippen molar-refractivity contribution < 1.29 is 0 Å². The van der Waals surface area contributed by atoms with Crippen LogP contribution in [-0.4, -0.2) is 17.4 Å². The van der Waals surface area contributed by atoms with Crippen LogP contribution in [0.3, 0.4) is 0 Å². The van der Waals surface area contributed by atoms with E-state index in [1.165, 1.54) is 0 Å². The van der Waals surface area contributed by atoms with Gasteiger partial charge in [0.15, 0.2) is 0 Å². The van der Waals surface area contributed by atoms with Crippen LogP contribution >= 0.6 is 11.6 Å². The Kier molecular flexibility index (Phi) is 3.76. The Morgan fingerprint density at radius 1 is 1.28 bits per heavy atom. The number of benzene rings is 1. The van der Waals surface area contributed by atoms with Crippen LogP contribution < -0.4 is 5.32 Å². The molecule has 18 heavy (non-hydrogen) atoms. The molecule has 1 heterocycles. The monoisotopic (exact) mass is 262 g/mol. The van der Waals surface area contributed by atoms with Gasteiger partial charge < -0.3 is 5.32 Å². The number of aromatic nitrogens is 1. The summed E-state index contributed by atoms with van der Waals surface area (Å²) in [4.78, 5) is 4.53. The van der Waals surface area contributed by atoms with Gasteiger partial charge in [0.25, 0.3) is 0 Å². The summed E-state index contributed by atoms with van der Waals surface area (Å²) in [7, 11) is 0. The summed E-state index contributed by atoms with van der Waals surface area (Å²) in [6.07, 6.45) is 0. The number of para-hydroxylation sites is 1. The Balaban J connectivity index is 2.33. The molecule has 0 saturated heterocycles.